The average Bonchev–Trinajstić information content (AvgIpc) is 2.68. The molecular formula is C20H25N3O4. The van der Waals surface area contributed by atoms with Gasteiger partial charge in [-0.3, -0.25) is 9.59 Å². The van der Waals surface area contributed by atoms with E-state index < -0.39 is 10.9 Å². The molecule has 1 fully saturated rings. The number of piperidine rings is 1. The predicted octanol–water partition coefficient (Wildman–Crippen LogP) is 1.95. The number of carbonyl (C=O) groups excluding carboxylic acids is 1. The lowest BCUT2D eigenvalue weighted by atomic mass is 10.0. The van der Waals surface area contributed by atoms with Gasteiger partial charge >= 0.3 is 6.09 Å². The number of hydrogen-bond acceptors (Lipinski definition) is 6. The number of amides is 1. The molecular weight excluding hydrogens is 346 g/mol. The quantitative estimate of drug-likeness (QED) is 0.782. The van der Waals surface area contributed by atoms with Gasteiger partial charge in [-0.25, -0.2) is 4.79 Å². The van der Waals surface area contributed by atoms with Gasteiger partial charge in [0.25, 0.3) is 10.9 Å². The average molecular weight is 371 g/mol. The first kappa shape index (κ1) is 18.9. The van der Waals surface area contributed by atoms with E-state index in [1.807, 2.05) is 42.3 Å². The summed E-state index contributed by atoms with van der Waals surface area (Å²) >= 11 is 0. The molecule has 0 radical (unpaired) electrons. The molecule has 1 amide bonds. The van der Waals surface area contributed by atoms with Crippen LogP contribution in [-0.4, -0.2) is 43.8 Å². The normalized spacial score (nSPS) is 15.0. The number of anilines is 2. The fourth-order valence-electron chi connectivity index (χ4n) is 3.44. The van der Waals surface area contributed by atoms with Gasteiger partial charge in [-0.15, -0.1) is 0 Å². The lowest BCUT2D eigenvalue weighted by molar-refractivity contribution is 0.0983. The van der Waals surface area contributed by atoms with E-state index in [1.54, 1.807) is 11.8 Å². The van der Waals surface area contributed by atoms with Crippen LogP contribution in [0.3, 0.4) is 0 Å². The predicted molar refractivity (Wildman–Crippen MR) is 105 cm³/mol. The Morgan fingerprint density at radius 2 is 1.85 bits per heavy atom. The zero-order valence-corrected chi connectivity index (χ0v) is 15.7. The zero-order chi connectivity index (χ0) is 19.4. The molecule has 3 rings (SSSR count). The van der Waals surface area contributed by atoms with Crippen molar-refractivity contribution in [1.29, 1.82) is 0 Å². The molecule has 0 aromatic heterocycles. The molecule has 1 aliphatic rings. The maximum Gasteiger partial charge on any atom is 0.409 e. The Labute approximate surface area is 158 Å². The van der Waals surface area contributed by atoms with Crippen LogP contribution in [0.2, 0.25) is 0 Å². The molecule has 0 spiro atoms. The Morgan fingerprint density at radius 3 is 2.48 bits per heavy atom. The minimum Gasteiger partial charge on any atom is -0.450 e. The van der Waals surface area contributed by atoms with Gasteiger partial charge in [-0.05, 0) is 25.3 Å². The third kappa shape index (κ3) is 4.13. The highest BCUT2D eigenvalue weighted by atomic mass is 16.6. The molecule has 0 atom stereocenters. The Hall–Kier alpha value is -2.83. The van der Waals surface area contributed by atoms with Gasteiger partial charge in [0, 0.05) is 32.7 Å². The van der Waals surface area contributed by atoms with Gasteiger partial charge in [0.2, 0.25) is 0 Å². The first-order valence-electron chi connectivity index (χ1n) is 9.27. The Morgan fingerprint density at radius 1 is 1.19 bits per heavy atom. The van der Waals surface area contributed by atoms with Crippen LogP contribution in [0, 0.1) is 0 Å². The highest BCUT2D eigenvalue weighted by Gasteiger charge is 2.29. The highest BCUT2D eigenvalue weighted by molar-refractivity contribution is 5.75. The summed E-state index contributed by atoms with van der Waals surface area (Å²) in [7, 11) is 1.82. The second-order valence-electron chi connectivity index (χ2n) is 6.83. The largest absolute Gasteiger partial charge is 0.450 e. The molecule has 1 N–H and O–H groups in total. The van der Waals surface area contributed by atoms with Crippen molar-refractivity contribution in [2.24, 2.45) is 0 Å². The van der Waals surface area contributed by atoms with Crippen molar-refractivity contribution in [2.75, 3.05) is 37.0 Å². The molecule has 7 nitrogen and oxygen atoms in total. The number of benzene rings is 1. The zero-order valence-electron chi connectivity index (χ0n) is 15.7. The minimum absolute atomic E-state index is 0.0582. The fraction of sp³-hybridized carbons (Fsp3) is 0.450. The lowest BCUT2D eigenvalue weighted by Crippen LogP contribution is -2.46. The van der Waals surface area contributed by atoms with Crippen LogP contribution in [0.1, 0.15) is 25.3 Å². The molecule has 0 bridgehead atoms. The number of ether oxygens (including phenoxy) is 1. The van der Waals surface area contributed by atoms with Crippen molar-refractivity contribution < 1.29 is 9.53 Å². The van der Waals surface area contributed by atoms with Crippen LogP contribution in [0.15, 0.2) is 39.9 Å². The molecule has 0 unspecified atom stereocenters. The molecule has 0 aliphatic carbocycles. The summed E-state index contributed by atoms with van der Waals surface area (Å²) in [6.45, 7) is 3.84. The minimum atomic E-state index is -0.460. The molecule has 144 valence electrons. The van der Waals surface area contributed by atoms with Crippen molar-refractivity contribution in [2.45, 2.75) is 32.4 Å². The van der Waals surface area contributed by atoms with E-state index in [0.717, 1.165) is 5.56 Å². The summed E-state index contributed by atoms with van der Waals surface area (Å²) in [4.78, 5) is 39.4. The number of nitrogens with one attached hydrogen (secondary N) is 1. The molecule has 0 saturated carbocycles. The van der Waals surface area contributed by atoms with Gasteiger partial charge in [-0.2, -0.15) is 0 Å². The summed E-state index contributed by atoms with van der Waals surface area (Å²) in [6.07, 6.45) is 1.12. The standard InChI is InChI=1S/C20H25N3O4/c1-3-27-20(26)23-11-9-15(10-12-23)21-16-17(19(25)18(16)24)22(2)13-14-7-5-4-6-8-14/h4-8,15,21H,3,9-13H2,1-2H3. The van der Waals surface area contributed by atoms with Crippen LogP contribution in [-0.2, 0) is 11.3 Å². The maximum absolute atomic E-state index is 12.1. The number of rotatable bonds is 6. The number of hydrogen-bond donors (Lipinski definition) is 1. The fourth-order valence-corrected chi connectivity index (χ4v) is 3.44. The Bertz CT molecular complexity index is 850. The summed E-state index contributed by atoms with van der Waals surface area (Å²) in [6, 6.07) is 9.86. The SMILES string of the molecule is CCOC(=O)N1CCC(Nc2c(N(C)Cc3ccccc3)c(=O)c2=O)CC1. The summed E-state index contributed by atoms with van der Waals surface area (Å²) < 4.78 is 5.02. The molecule has 7 heteroatoms. The van der Waals surface area contributed by atoms with Gasteiger partial charge < -0.3 is 19.9 Å². The summed E-state index contributed by atoms with van der Waals surface area (Å²) in [5.74, 6) is 0. The van der Waals surface area contributed by atoms with E-state index in [1.165, 1.54) is 0 Å². The van der Waals surface area contributed by atoms with Crippen LogP contribution in [0.4, 0.5) is 16.2 Å². The first-order chi connectivity index (χ1) is 13.0. The molecule has 27 heavy (non-hydrogen) atoms. The Balaban J connectivity index is 1.62. The van der Waals surface area contributed by atoms with Crippen LogP contribution in [0.25, 0.3) is 0 Å². The van der Waals surface area contributed by atoms with Gasteiger partial charge in [-0.1, -0.05) is 30.3 Å². The molecule has 1 aliphatic heterocycles. The van der Waals surface area contributed by atoms with E-state index in [9.17, 15) is 14.4 Å². The van der Waals surface area contributed by atoms with Gasteiger partial charge in [0.05, 0.1) is 6.61 Å². The van der Waals surface area contributed by atoms with E-state index in [-0.39, 0.29) is 12.1 Å². The van der Waals surface area contributed by atoms with Crippen LogP contribution < -0.4 is 21.1 Å². The van der Waals surface area contributed by atoms with Gasteiger partial charge in [0.1, 0.15) is 11.4 Å². The third-order valence-electron chi connectivity index (χ3n) is 4.90. The molecule has 1 saturated heterocycles. The first-order valence-corrected chi connectivity index (χ1v) is 9.27. The van der Waals surface area contributed by atoms with E-state index in [2.05, 4.69) is 5.32 Å². The van der Waals surface area contributed by atoms with Crippen LogP contribution in [0.5, 0.6) is 0 Å². The maximum atomic E-state index is 12.1. The lowest BCUT2D eigenvalue weighted by Gasteiger charge is -2.33. The van der Waals surface area contributed by atoms with Crippen molar-refractivity contribution in [3.05, 3.63) is 56.3 Å². The van der Waals surface area contributed by atoms with Crippen molar-refractivity contribution in [3.63, 3.8) is 0 Å². The second kappa shape index (κ2) is 8.24. The van der Waals surface area contributed by atoms with E-state index in [0.29, 0.717) is 50.5 Å². The molecule has 2 aromatic carbocycles. The summed E-state index contributed by atoms with van der Waals surface area (Å²) in [5.41, 5.74) is 1.00. The Kier molecular flexibility index (Phi) is 5.78. The van der Waals surface area contributed by atoms with Crippen molar-refractivity contribution in [3.8, 4) is 0 Å². The number of carbonyl (C=O) groups is 1. The summed E-state index contributed by atoms with van der Waals surface area (Å²) in [5, 5.41) is 3.23. The second-order valence-corrected chi connectivity index (χ2v) is 6.83. The topological polar surface area (TPSA) is 79.0 Å². The smallest absolute Gasteiger partial charge is 0.409 e. The molecule has 2 aromatic rings. The van der Waals surface area contributed by atoms with Crippen molar-refractivity contribution >= 4 is 17.5 Å². The van der Waals surface area contributed by atoms with E-state index >= 15 is 0 Å². The number of nitrogens with zero attached hydrogens (tertiary/aromatic N) is 2. The van der Waals surface area contributed by atoms with E-state index in [4.69, 9.17) is 4.74 Å². The molecule has 1 heterocycles. The monoisotopic (exact) mass is 371 g/mol. The van der Waals surface area contributed by atoms with Crippen molar-refractivity contribution in [1.82, 2.24) is 4.90 Å². The highest BCUT2D eigenvalue weighted by Crippen LogP contribution is 2.24. The third-order valence-corrected chi connectivity index (χ3v) is 4.90. The number of likely N-dealkylation sites (tertiary alicyclic amines) is 1. The van der Waals surface area contributed by atoms with Gasteiger partial charge in [0.15, 0.2) is 0 Å². The van der Waals surface area contributed by atoms with Crippen LogP contribution >= 0.6 is 0 Å².